The highest BCUT2D eigenvalue weighted by molar-refractivity contribution is 5.79. The zero-order chi connectivity index (χ0) is 21.9. The average molecular weight is 428 g/mol. The van der Waals surface area contributed by atoms with Crippen LogP contribution in [0.1, 0.15) is 35.7 Å². The molecular formula is C24H24N6O2. The van der Waals surface area contributed by atoms with Crippen molar-refractivity contribution in [1.29, 1.82) is 0 Å². The minimum atomic E-state index is -0.294. The third-order valence-corrected chi connectivity index (χ3v) is 5.93. The van der Waals surface area contributed by atoms with E-state index < -0.39 is 0 Å². The molecule has 5 rings (SSSR count). The molecule has 0 spiro atoms. The number of aromatic amines is 1. The first-order chi connectivity index (χ1) is 15.7. The van der Waals surface area contributed by atoms with Crippen molar-refractivity contribution in [2.24, 2.45) is 0 Å². The van der Waals surface area contributed by atoms with Crippen molar-refractivity contribution in [3.8, 4) is 0 Å². The number of benzene rings is 2. The van der Waals surface area contributed by atoms with Crippen LogP contribution in [-0.4, -0.2) is 48.9 Å². The van der Waals surface area contributed by atoms with Gasteiger partial charge in [-0.05, 0) is 24.0 Å². The minimum absolute atomic E-state index is 0.0272. The number of rotatable bonds is 5. The summed E-state index contributed by atoms with van der Waals surface area (Å²) in [6, 6.07) is 19.6. The van der Waals surface area contributed by atoms with Crippen molar-refractivity contribution in [3.63, 3.8) is 0 Å². The van der Waals surface area contributed by atoms with Crippen molar-refractivity contribution in [1.82, 2.24) is 29.9 Å². The second-order valence-corrected chi connectivity index (χ2v) is 8.20. The van der Waals surface area contributed by atoms with Crippen LogP contribution in [0.4, 0.5) is 0 Å². The molecule has 0 saturated carbocycles. The highest BCUT2D eigenvalue weighted by Gasteiger charge is 2.27. The maximum absolute atomic E-state index is 12.8. The maximum Gasteiger partial charge on any atom is 0.281 e. The van der Waals surface area contributed by atoms with E-state index in [0.29, 0.717) is 31.0 Å². The Kier molecular flexibility index (Phi) is 5.49. The molecule has 8 heteroatoms. The number of aromatic nitrogens is 5. The van der Waals surface area contributed by atoms with Gasteiger partial charge in [-0.15, -0.1) is 5.10 Å². The number of carbonyl (C=O) groups is 1. The average Bonchev–Trinajstić information content (AvgIpc) is 3.23. The minimum Gasteiger partial charge on any atom is -0.342 e. The summed E-state index contributed by atoms with van der Waals surface area (Å²) in [5, 5.41) is 8.18. The molecule has 1 saturated heterocycles. The van der Waals surface area contributed by atoms with Crippen molar-refractivity contribution in [2.45, 2.75) is 31.7 Å². The van der Waals surface area contributed by atoms with Crippen molar-refractivity contribution in [3.05, 3.63) is 88.0 Å². The Morgan fingerprint density at radius 3 is 2.50 bits per heavy atom. The van der Waals surface area contributed by atoms with Crippen LogP contribution in [0.5, 0.6) is 0 Å². The first kappa shape index (κ1) is 20.1. The fourth-order valence-electron chi connectivity index (χ4n) is 4.25. The van der Waals surface area contributed by atoms with Gasteiger partial charge in [0.05, 0.1) is 13.0 Å². The summed E-state index contributed by atoms with van der Waals surface area (Å²) in [6.07, 6.45) is 2.11. The molecule has 8 nitrogen and oxygen atoms in total. The molecule has 162 valence electrons. The van der Waals surface area contributed by atoms with Gasteiger partial charge >= 0.3 is 0 Å². The summed E-state index contributed by atoms with van der Waals surface area (Å²) in [4.78, 5) is 35.0. The number of fused-ring (bicyclic) bond motifs is 1. The van der Waals surface area contributed by atoms with Crippen molar-refractivity contribution >= 4 is 17.1 Å². The van der Waals surface area contributed by atoms with Gasteiger partial charge in [0.2, 0.25) is 5.91 Å². The van der Waals surface area contributed by atoms with E-state index in [-0.39, 0.29) is 22.9 Å². The number of H-pyrrole nitrogens is 1. The Balaban J connectivity index is 1.38. The SMILES string of the molecule is O=C(Cc1ccccc1)N1CCC[C@H](c2nc3c(nnn3Cc3ccccc3)c(=O)[nH]2)C1. The molecule has 32 heavy (non-hydrogen) atoms. The molecule has 1 atom stereocenters. The van der Waals surface area contributed by atoms with E-state index in [1.54, 1.807) is 4.68 Å². The summed E-state index contributed by atoms with van der Waals surface area (Å²) < 4.78 is 1.66. The third kappa shape index (κ3) is 4.16. The standard InChI is InChI=1S/C24H24N6O2/c31-20(14-17-8-3-1-4-9-17)29-13-7-12-19(16-29)22-25-23-21(24(32)26-22)27-28-30(23)15-18-10-5-2-6-11-18/h1-6,8-11,19H,7,12-16H2,(H,25,26,32)/t19-/m0/s1. The Labute approximate surface area is 184 Å². The van der Waals surface area contributed by atoms with Gasteiger partial charge in [0, 0.05) is 19.0 Å². The largest absolute Gasteiger partial charge is 0.342 e. The number of hydrogen-bond donors (Lipinski definition) is 1. The van der Waals surface area contributed by atoms with E-state index in [4.69, 9.17) is 4.98 Å². The van der Waals surface area contributed by atoms with Crippen LogP contribution in [0.2, 0.25) is 0 Å². The molecule has 0 bridgehead atoms. The molecule has 0 radical (unpaired) electrons. The molecule has 1 amide bonds. The molecule has 3 heterocycles. The highest BCUT2D eigenvalue weighted by atomic mass is 16.2. The van der Waals surface area contributed by atoms with Crippen LogP contribution >= 0.6 is 0 Å². The number of amides is 1. The van der Waals surface area contributed by atoms with Gasteiger partial charge in [-0.25, -0.2) is 9.67 Å². The maximum atomic E-state index is 12.8. The van der Waals surface area contributed by atoms with Crippen LogP contribution < -0.4 is 5.56 Å². The lowest BCUT2D eigenvalue weighted by Crippen LogP contribution is -2.40. The molecule has 2 aromatic heterocycles. The van der Waals surface area contributed by atoms with Crippen molar-refractivity contribution in [2.75, 3.05) is 13.1 Å². The second-order valence-electron chi connectivity index (χ2n) is 8.20. The fourth-order valence-corrected chi connectivity index (χ4v) is 4.25. The van der Waals surface area contributed by atoms with Gasteiger partial charge in [0.15, 0.2) is 11.2 Å². The Morgan fingerprint density at radius 1 is 1.03 bits per heavy atom. The summed E-state index contributed by atoms with van der Waals surface area (Å²) in [5.41, 5.74) is 2.47. The lowest BCUT2D eigenvalue weighted by Gasteiger charge is -2.32. The van der Waals surface area contributed by atoms with Gasteiger partial charge < -0.3 is 9.88 Å². The van der Waals surface area contributed by atoms with E-state index >= 15 is 0 Å². The van der Waals surface area contributed by atoms with Gasteiger partial charge in [-0.3, -0.25) is 9.59 Å². The first-order valence-corrected chi connectivity index (χ1v) is 10.9. The molecule has 0 aliphatic carbocycles. The topological polar surface area (TPSA) is 96.8 Å². The monoisotopic (exact) mass is 428 g/mol. The van der Waals surface area contributed by atoms with E-state index in [2.05, 4.69) is 15.3 Å². The number of nitrogens with one attached hydrogen (secondary N) is 1. The smallest absolute Gasteiger partial charge is 0.281 e. The van der Waals surface area contributed by atoms with E-state index in [1.807, 2.05) is 65.6 Å². The molecule has 2 aromatic carbocycles. The molecule has 0 unspecified atom stereocenters. The highest BCUT2D eigenvalue weighted by Crippen LogP contribution is 2.25. The lowest BCUT2D eigenvalue weighted by atomic mass is 9.96. The zero-order valence-corrected chi connectivity index (χ0v) is 17.6. The van der Waals surface area contributed by atoms with Gasteiger partial charge in [-0.2, -0.15) is 0 Å². The summed E-state index contributed by atoms with van der Waals surface area (Å²) in [6.45, 7) is 1.75. The summed E-state index contributed by atoms with van der Waals surface area (Å²) in [7, 11) is 0. The summed E-state index contributed by atoms with van der Waals surface area (Å²) >= 11 is 0. The van der Waals surface area contributed by atoms with Crippen LogP contribution in [-0.2, 0) is 17.8 Å². The number of piperidine rings is 1. The van der Waals surface area contributed by atoms with E-state index in [0.717, 1.165) is 30.5 Å². The zero-order valence-electron chi connectivity index (χ0n) is 17.6. The second kappa shape index (κ2) is 8.74. The van der Waals surface area contributed by atoms with Crippen LogP contribution in [0.3, 0.4) is 0 Å². The number of hydrogen-bond acceptors (Lipinski definition) is 5. The normalized spacial score (nSPS) is 16.4. The predicted octanol–water partition coefficient (Wildman–Crippen LogP) is 2.51. The number of likely N-dealkylation sites (tertiary alicyclic amines) is 1. The number of nitrogens with zero attached hydrogens (tertiary/aromatic N) is 5. The Bertz CT molecular complexity index is 1280. The van der Waals surface area contributed by atoms with Gasteiger partial charge in [-0.1, -0.05) is 65.9 Å². The van der Waals surface area contributed by atoms with E-state index in [9.17, 15) is 9.59 Å². The Morgan fingerprint density at radius 2 is 1.75 bits per heavy atom. The molecule has 1 aliphatic heterocycles. The lowest BCUT2D eigenvalue weighted by molar-refractivity contribution is -0.131. The quantitative estimate of drug-likeness (QED) is 0.527. The first-order valence-electron chi connectivity index (χ1n) is 10.9. The predicted molar refractivity (Wildman–Crippen MR) is 120 cm³/mol. The fraction of sp³-hybridized carbons (Fsp3) is 0.292. The Hall–Kier alpha value is -3.81. The van der Waals surface area contributed by atoms with Crippen molar-refractivity contribution < 1.29 is 4.79 Å². The van der Waals surface area contributed by atoms with Gasteiger partial charge in [0.25, 0.3) is 5.56 Å². The van der Waals surface area contributed by atoms with Crippen LogP contribution in [0.25, 0.3) is 11.2 Å². The summed E-state index contributed by atoms with van der Waals surface area (Å²) in [5.74, 6) is 0.664. The third-order valence-electron chi connectivity index (χ3n) is 5.93. The number of carbonyl (C=O) groups excluding carboxylic acids is 1. The molecule has 1 fully saturated rings. The molecular weight excluding hydrogens is 404 g/mol. The van der Waals surface area contributed by atoms with Crippen LogP contribution in [0.15, 0.2) is 65.5 Å². The van der Waals surface area contributed by atoms with Gasteiger partial charge in [0.1, 0.15) is 5.82 Å². The van der Waals surface area contributed by atoms with E-state index in [1.165, 1.54) is 0 Å². The molecule has 4 aromatic rings. The molecule has 1 aliphatic rings. The molecule has 1 N–H and O–H groups in total. The van der Waals surface area contributed by atoms with Crippen LogP contribution in [0, 0.1) is 0 Å².